The third-order valence-electron chi connectivity index (χ3n) is 2.55. The van der Waals surface area contributed by atoms with E-state index in [1.54, 1.807) is 20.8 Å². The summed E-state index contributed by atoms with van der Waals surface area (Å²) in [4.78, 5) is 45.1. The number of rotatable bonds is 7. The number of carbonyl (C=O) groups excluding carboxylic acids is 3. The van der Waals surface area contributed by atoms with E-state index in [0.29, 0.717) is 0 Å². The smallest absolute Gasteiger partial charge is 0.326 e. The Hall–Kier alpha value is -2.12. The van der Waals surface area contributed by atoms with Crippen molar-refractivity contribution >= 4 is 23.8 Å². The van der Waals surface area contributed by atoms with E-state index in [-0.39, 0.29) is 18.9 Å². The Morgan fingerprint density at radius 2 is 1.76 bits per heavy atom. The third kappa shape index (κ3) is 7.91. The summed E-state index contributed by atoms with van der Waals surface area (Å²) < 4.78 is 4.35. The van der Waals surface area contributed by atoms with E-state index in [1.807, 2.05) is 0 Å². The molecule has 0 aromatic carbocycles. The molecule has 21 heavy (non-hydrogen) atoms. The van der Waals surface area contributed by atoms with Crippen molar-refractivity contribution < 1.29 is 29.0 Å². The van der Waals surface area contributed by atoms with Crippen LogP contribution in [0.3, 0.4) is 0 Å². The summed E-state index contributed by atoms with van der Waals surface area (Å²) in [7, 11) is 1.13. The van der Waals surface area contributed by atoms with E-state index in [2.05, 4.69) is 15.4 Å². The molecule has 3 N–H and O–H groups in total. The predicted molar refractivity (Wildman–Crippen MR) is 73.3 cm³/mol. The van der Waals surface area contributed by atoms with Gasteiger partial charge in [-0.2, -0.15) is 0 Å². The summed E-state index contributed by atoms with van der Waals surface area (Å²) in [5, 5.41) is 13.7. The van der Waals surface area contributed by atoms with Crippen LogP contribution in [-0.2, 0) is 23.9 Å². The molecule has 0 aromatic rings. The molecule has 0 fully saturated rings. The molecular formula is C13H22N2O6. The van der Waals surface area contributed by atoms with Crippen molar-refractivity contribution in [1.82, 2.24) is 10.6 Å². The van der Waals surface area contributed by atoms with Gasteiger partial charge in [0.25, 0.3) is 0 Å². The second kappa shape index (κ2) is 8.23. The Balaban J connectivity index is 4.25. The fraction of sp³-hybridized carbons (Fsp3) is 0.692. The number of carboxylic acids is 1. The summed E-state index contributed by atoms with van der Waals surface area (Å²) in [5.41, 5.74) is -0.565. The zero-order valence-corrected chi connectivity index (χ0v) is 12.7. The molecule has 0 saturated carbocycles. The van der Waals surface area contributed by atoms with E-state index in [4.69, 9.17) is 5.11 Å². The molecule has 1 atom stereocenters. The number of carbonyl (C=O) groups is 4. The zero-order valence-electron chi connectivity index (χ0n) is 12.7. The SMILES string of the molecule is COC(=O)C[C@H](NC(=O)CCNC(=O)C(C)(C)C)C(=O)O. The lowest BCUT2D eigenvalue weighted by Crippen LogP contribution is -2.44. The van der Waals surface area contributed by atoms with Crippen LogP contribution < -0.4 is 10.6 Å². The average Bonchev–Trinajstić information content (AvgIpc) is 2.36. The first kappa shape index (κ1) is 18.9. The summed E-state index contributed by atoms with van der Waals surface area (Å²) in [6, 6.07) is -1.34. The molecule has 0 aliphatic heterocycles. The van der Waals surface area contributed by atoms with E-state index in [9.17, 15) is 19.2 Å². The van der Waals surface area contributed by atoms with Gasteiger partial charge in [-0.15, -0.1) is 0 Å². The monoisotopic (exact) mass is 302 g/mol. The molecule has 0 aliphatic rings. The second-order valence-corrected chi connectivity index (χ2v) is 5.49. The molecular weight excluding hydrogens is 280 g/mol. The van der Waals surface area contributed by atoms with Gasteiger partial charge >= 0.3 is 11.9 Å². The largest absolute Gasteiger partial charge is 0.480 e. The first-order valence-electron chi connectivity index (χ1n) is 6.45. The molecule has 8 nitrogen and oxygen atoms in total. The van der Waals surface area contributed by atoms with Gasteiger partial charge in [0.2, 0.25) is 11.8 Å². The maximum absolute atomic E-state index is 11.6. The molecule has 0 rings (SSSR count). The highest BCUT2D eigenvalue weighted by molar-refractivity contribution is 5.87. The Labute approximate surface area is 123 Å². The molecule has 0 bridgehead atoms. The number of hydrogen-bond acceptors (Lipinski definition) is 5. The Morgan fingerprint density at radius 3 is 2.19 bits per heavy atom. The van der Waals surface area contributed by atoms with E-state index in [0.717, 1.165) is 7.11 Å². The van der Waals surface area contributed by atoms with Gasteiger partial charge in [-0.3, -0.25) is 14.4 Å². The maximum Gasteiger partial charge on any atom is 0.326 e. The first-order chi connectivity index (χ1) is 9.57. The molecule has 8 heteroatoms. The molecule has 0 aromatic heterocycles. The molecule has 0 unspecified atom stereocenters. The van der Waals surface area contributed by atoms with Crippen LogP contribution in [-0.4, -0.2) is 48.6 Å². The lowest BCUT2D eigenvalue weighted by Gasteiger charge is -2.18. The normalized spacial score (nSPS) is 12.2. The van der Waals surface area contributed by atoms with Crippen LogP contribution in [0.15, 0.2) is 0 Å². The lowest BCUT2D eigenvalue weighted by atomic mass is 9.96. The number of methoxy groups -OCH3 is 1. The third-order valence-corrected chi connectivity index (χ3v) is 2.55. The Bertz CT molecular complexity index is 413. The predicted octanol–water partition coefficient (Wildman–Crippen LogP) is -0.329. The summed E-state index contributed by atoms with van der Waals surface area (Å²) >= 11 is 0. The van der Waals surface area contributed by atoms with Gasteiger partial charge in [0.15, 0.2) is 0 Å². The molecule has 120 valence electrons. The maximum atomic E-state index is 11.6. The average molecular weight is 302 g/mol. The van der Waals surface area contributed by atoms with Crippen molar-refractivity contribution in [2.45, 2.75) is 39.7 Å². The standard InChI is InChI=1S/C13H22N2O6/c1-13(2,3)12(20)14-6-5-9(16)15-8(11(18)19)7-10(17)21-4/h8H,5-7H2,1-4H3,(H,14,20)(H,15,16)(H,18,19)/t8-/m0/s1. The van der Waals surface area contributed by atoms with Gasteiger partial charge in [-0.1, -0.05) is 20.8 Å². The van der Waals surface area contributed by atoms with Gasteiger partial charge < -0.3 is 20.5 Å². The van der Waals surface area contributed by atoms with Gasteiger partial charge in [0.05, 0.1) is 13.5 Å². The van der Waals surface area contributed by atoms with Crippen LogP contribution >= 0.6 is 0 Å². The van der Waals surface area contributed by atoms with Crippen molar-refractivity contribution in [3.05, 3.63) is 0 Å². The van der Waals surface area contributed by atoms with Crippen LogP contribution in [0.25, 0.3) is 0 Å². The van der Waals surface area contributed by atoms with Crippen LogP contribution in [0.1, 0.15) is 33.6 Å². The highest BCUT2D eigenvalue weighted by Gasteiger charge is 2.24. The second-order valence-electron chi connectivity index (χ2n) is 5.49. The molecule has 0 radical (unpaired) electrons. The Morgan fingerprint density at radius 1 is 1.19 bits per heavy atom. The fourth-order valence-corrected chi connectivity index (χ4v) is 1.27. The summed E-state index contributed by atoms with van der Waals surface area (Å²) in [6.45, 7) is 5.30. The van der Waals surface area contributed by atoms with Gasteiger partial charge in [0.1, 0.15) is 6.04 Å². The van der Waals surface area contributed by atoms with Gasteiger partial charge in [-0.25, -0.2) is 4.79 Å². The molecule has 0 heterocycles. The summed E-state index contributed by atoms with van der Waals surface area (Å²) in [5.74, 6) is -2.84. The number of amides is 2. The Kier molecular flexibility index (Phi) is 7.40. The van der Waals surface area contributed by atoms with Crippen LogP contribution in [0, 0.1) is 5.41 Å². The van der Waals surface area contributed by atoms with E-state index >= 15 is 0 Å². The van der Waals surface area contributed by atoms with Gasteiger partial charge in [0, 0.05) is 18.4 Å². The van der Waals surface area contributed by atoms with Crippen molar-refractivity contribution in [3.63, 3.8) is 0 Å². The number of nitrogens with one attached hydrogen (secondary N) is 2. The number of aliphatic carboxylic acids is 1. The topological polar surface area (TPSA) is 122 Å². The number of hydrogen-bond donors (Lipinski definition) is 3. The van der Waals surface area contributed by atoms with Crippen LogP contribution in [0.2, 0.25) is 0 Å². The number of carboxylic acid groups (broad SMARTS) is 1. The minimum atomic E-state index is -1.34. The number of esters is 1. The minimum Gasteiger partial charge on any atom is -0.480 e. The molecule has 0 spiro atoms. The van der Waals surface area contributed by atoms with Crippen molar-refractivity contribution in [2.24, 2.45) is 5.41 Å². The summed E-state index contributed by atoms with van der Waals surface area (Å²) in [6.07, 6.45) is -0.529. The zero-order chi connectivity index (χ0) is 16.6. The van der Waals surface area contributed by atoms with Gasteiger partial charge in [-0.05, 0) is 0 Å². The minimum absolute atomic E-state index is 0.0766. The van der Waals surface area contributed by atoms with Crippen molar-refractivity contribution in [2.75, 3.05) is 13.7 Å². The molecule has 0 aliphatic carbocycles. The van der Waals surface area contributed by atoms with E-state index in [1.165, 1.54) is 0 Å². The highest BCUT2D eigenvalue weighted by Crippen LogP contribution is 2.12. The number of ether oxygens (including phenoxy) is 1. The van der Waals surface area contributed by atoms with Crippen molar-refractivity contribution in [3.8, 4) is 0 Å². The van der Waals surface area contributed by atoms with Crippen LogP contribution in [0.4, 0.5) is 0 Å². The first-order valence-corrected chi connectivity index (χ1v) is 6.45. The fourth-order valence-electron chi connectivity index (χ4n) is 1.27. The quantitative estimate of drug-likeness (QED) is 0.554. The molecule has 0 saturated heterocycles. The van der Waals surface area contributed by atoms with Crippen LogP contribution in [0.5, 0.6) is 0 Å². The molecule has 2 amide bonds. The van der Waals surface area contributed by atoms with Crippen molar-refractivity contribution in [1.29, 1.82) is 0 Å². The lowest BCUT2D eigenvalue weighted by molar-refractivity contribution is -0.148. The van der Waals surface area contributed by atoms with E-state index < -0.39 is 35.7 Å². The highest BCUT2D eigenvalue weighted by atomic mass is 16.5.